The molecular weight excluding hydrogens is 238 g/mol. The van der Waals surface area contributed by atoms with E-state index in [0.29, 0.717) is 17.6 Å². The Labute approximate surface area is 115 Å². The quantitative estimate of drug-likeness (QED) is 0.887. The van der Waals surface area contributed by atoms with Crippen LogP contribution in [0.25, 0.3) is 0 Å². The van der Waals surface area contributed by atoms with Gasteiger partial charge in [0.25, 0.3) is 0 Å². The number of hydrogen-bond acceptors (Lipinski definition) is 3. The lowest BCUT2D eigenvalue weighted by molar-refractivity contribution is -0.0736. The summed E-state index contributed by atoms with van der Waals surface area (Å²) in [4.78, 5) is 0. The van der Waals surface area contributed by atoms with E-state index in [1.165, 1.54) is 25.7 Å². The normalized spacial score (nSPS) is 28.5. The van der Waals surface area contributed by atoms with Crippen LogP contribution in [0, 0.1) is 5.41 Å². The summed E-state index contributed by atoms with van der Waals surface area (Å²) in [6, 6.07) is 0.644. The molecule has 4 nitrogen and oxygen atoms in total. The number of hydrogen-bond donors (Lipinski definition) is 1. The van der Waals surface area contributed by atoms with E-state index < -0.39 is 0 Å². The first-order chi connectivity index (χ1) is 9.28. The Hall–Kier alpha value is -1.03. The molecule has 2 aliphatic carbocycles. The van der Waals surface area contributed by atoms with Gasteiger partial charge in [-0.25, -0.2) is 0 Å². The standard InChI is InChI=1S/C15H25N3O/c1-3-8-18-11-12(10-17-18)19-14-9-13(16-2)15(14)6-4-5-7-15/h10-11,13-14,16H,3-9H2,1-2H3. The van der Waals surface area contributed by atoms with Gasteiger partial charge in [0.05, 0.1) is 12.4 Å². The van der Waals surface area contributed by atoms with Crippen molar-refractivity contribution in [2.24, 2.45) is 5.41 Å². The van der Waals surface area contributed by atoms with Gasteiger partial charge in [0.2, 0.25) is 0 Å². The minimum atomic E-state index is 0.381. The van der Waals surface area contributed by atoms with Gasteiger partial charge in [-0.15, -0.1) is 0 Å². The van der Waals surface area contributed by atoms with Gasteiger partial charge in [0.15, 0.2) is 5.75 Å². The van der Waals surface area contributed by atoms with Crippen molar-refractivity contribution >= 4 is 0 Å². The van der Waals surface area contributed by atoms with Crippen molar-refractivity contribution in [1.29, 1.82) is 0 Å². The Morgan fingerprint density at radius 2 is 2.26 bits per heavy atom. The predicted molar refractivity (Wildman–Crippen MR) is 75.3 cm³/mol. The molecule has 1 aromatic rings. The molecular formula is C15H25N3O. The fraction of sp³-hybridized carbons (Fsp3) is 0.800. The Morgan fingerprint density at radius 1 is 1.47 bits per heavy atom. The number of aryl methyl sites for hydroxylation is 1. The molecule has 0 radical (unpaired) electrons. The number of ether oxygens (including phenoxy) is 1. The molecule has 2 saturated carbocycles. The molecule has 0 aromatic carbocycles. The zero-order chi connectivity index (χ0) is 13.3. The third-order valence-electron chi connectivity index (χ3n) is 5.01. The maximum atomic E-state index is 6.22. The van der Waals surface area contributed by atoms with Gasteiger partial charge in [-0.3, -0.25) is 4.68 Å². The highest BCUT2D eigenvalue weighted by molar-refractivity contribution is 5.17. The van der Waals surface area contributed by atoms with Crippen molar-refractivity contribution in [3.8, 4) is 5.75 Å². The molecule has 0 amide bonds. The average molecular weight is 263 g/mol. The maximum absolute atomic E-state index is 6.22. The van der Waals surface area contributed by atoms with E-state index in [2.05, 4.69) is 24.4 Å². The Balaban J connectivity index is 1.66. The van der Waals surface area contributed by atoms with Crippen molar-refractivity contribution < 1.29 is 4.74 Å². The molecule has 3 rings (SSSR count). The minimum Gasteiger partial charge on any atom is -0.486 e. The second-order valence-electron chi connectivity index (χ2n) is 6.06. The van der Waals surface area contributed by atoms with Crippen LogP contribution in [0.15, 0.2) is 12.4 Å². The minimum absolute atomic E-state index is 0.381. The van der Waals surface area contributed by atoms with Crippen LogP contribution in [-0.4, -0.2) is 29.0 Å². The topological polar surface area (TPSA) is 39.1 Å². The van der Waals surface area contributed by atoms with Crippen molar-refractivity contribution in [3.05, 3.63) is 12.4 Å². The molecule has 1 spiro atoms. The van der Waals surface area contributed by atoms with Gasteiger partial charge >= 0.3 is 0 Å². The van der Waals surface area contributed by atoms with Crippen LogP contribution >= 0.6 is 0 Å². The van der Waals surface area contributed by atoms with Crippen LogP contribution in [0.2, 0.25) is 0 Å². The first-order valence-corrected chi connectivity index (χ1v) is 7.65. The lowest BCUT2D eigenvalue weighted by Crippen LogP contribution is -2.63. The molecule has 1 N–H and O–H groups in total. The third kappa shape index (κ3) is 2.16. The molecule has 2 atom stereocenters. The lowest BCUT2D eigenvalue weighted by Gasteiger charge is -2.53. The van der Waals surface area contributed by atoms with E-state index >= 15 is 0 Å². The molecule has 2 unspecified atom stereocenters. The third-order valence-corrected chi connectivity index (χ3v) is 5.01. The summed E-state index contributed by atoms with van der Waals surface area (Å²) >= 11 is 0. The second kappa shape index (κ2) is 5.16. The average Bonchev–Trinajstić information content (AvgIpc) is 3.05. The molecule has 0 saturated heterocycles. The zero-order valence-corrected chi connectivity index (χ0v) is 12.1. The van der Waals surface area contributed by atoms with Gasteiger partial charge in [0, 0.05) is 24.4 Å². The Kier molecular flexibility index (Phi) is 3.52. The monoisotopic (exact) mass is 263 g/mol. The summed E-state index contributed by atoms with van der Waals surface area (Å²) in [6.07, 6.45) is 11.9. The highest BCUT2D eigenvalue weighted by atomic mass is 16.5. The molecule has 106 valence electrons. The number of rotatable bonds is 5. The largest absolute Gasteiger partial charge is 0.486 e. The van der Waals surface area contributed by atoms with Crippen LogP contribution < -0.4 is 10.1 Å². The Bertz CT molecular complexity index is 423. The van der Waals surface area contributed by atoms with E-state index in [1.54, 1.807) is 0 Å². The van der Waals surface area contributed by atoms with Gasteiger partial charge in [0.1, 0.15) is 6.10 Å². The maximum Gasteiger partial charge on any atom is 0.157 e. The van der Waals surface area contributed by atoms with Gasteiger partial charge in [-0.1, -0.05) is 19.8 Å². The van der Waals surface area contributed by atoms with Crippen LogP contribution in [0.1, 0.15) is 45.4 Å². The molecule has 4 heteroatoms. The van der Waals surface area contributed by atoms with Crippen molar-refractivity contribution in [2.45, 2.75) is 64.1 Å². The predicted octanol–water partition coefficient (Wildman–Crippen LogP) is 2.59. The highest BCUT2D eigenvalue weighted by Crippen LogP contribution is 2.54. The van der Waals surface area contributed by atoms with Crippen molar-refractivity contribution in [1.82, 2.24) is 15.1 Å². The van der Waals surface area contributed by atoms with E-state index in [0.717, 1.165) is 25.1 Å². The molecule has 2 fully saturated rings. The number of nitrogens with one attached hydrogen (secondary N) is 1. The van der Waals surface area contributed by atoms with Crippen molar-refractivity contribution in [2.75, 3.05) is 7.05 Å². The highest BCUT2D eigenvalue weighted by Gasteiger charge is 2.57. The van der Waals surface area contributed by atoms with Crippen molar-refractivity contribution in [3.63, 3.8) is 0 Å². The summed E-state index contributed by atoms with van der Waals surface area (Å²) < 4.78 is 8.20. The molecule has 19 heavy (non-hydrogen) atoms. The number of nitrogens with zero attached hydrogens (tertiary/aromatic N) is 2. The molecule has 0 aliphatic heterocycles. The van der Waals surface area contributed by atoms with Crippen LogP contribution in [0.4, 0.5) is 0 Å². The summed E-state index contributed by atoms with van der Waals surface area (Å²) in [6.45, 7) is 3.14. The SMILES string of the molecule is CCCn1cc(OC2CC(NC)C23CCCC3)cn1. The van der Waals surface area contributed by atoms with Gasteiger partial charge < -0.3 is 10.1 Å². The summed E-state index contributed by atoms with van der Waals surface area (Å²) in [5.41, 5.74) is 0.390. The molecule has 0 bridgehead atoms. The smallest absolute Gasteiger partial charge is 0.157 e. The van der Waals surface area contributed by atoms with Crippen LogP contribution in [0.5, 0.6) is 5.75 Å². The summed E-state index contributed by atoms with van der Waals surface area (Å²) in [7, 11) is 2.08. The zero-order valence-electron chi connectivity index (χ0n) is 12.1. The van der Waals surface area contributed by atoms with E-state index in [9.17, 15) is 0 Å². The first-order valence-electron chi connectivity index (χ1n) is 7.65. The molecule has 2 aliphatic rings. The molecule has 1 heterocycles. The first kappa shape index (κ1) is 13.0. The van der Waals surface area contributed by atoms with Crippen LogP contribution in [0.3, 0.4) is 0 Å². The van der Waals surface area contributed by atoms with E-state index in [4.69, 9.17) is 4.74 Å². The number of aromatic nitrogens is 2. The molecule has 1 aromatic heterocycles. The van der Waals surface area contributed by atoms with E-state index in [-0.39, 0.29) is 0 Å². The van der Waals surface area contributed by atoms with Gasteiger partial charge in [-0.05, 0) is 26.3 Å². The van der Waals surface area contributed by atoms with Crippen LogP contribution in [-0.2, 0) is 6.54 Å². The lowest BCUT2D eigenvalue weighted by atomic mass is 9.60. The summed E-state index contributed by atoms with van der Waals surface area (Å²) in [5, 5.41) is 7.82. The second-order valence-corrected chi connectivity index (χ2v) is 6.06. The fourth-order valence-corrected chi connectivity index (χ4v) is 3.94. The van der Waals surface area contributed by atoms with Gasteiger partial charge in [-0.2, -0.15) is 5.10 Å². The fourth-order valence-electron chi connectivity index (χ4n) is 3.94. The Morgan fingerprint density at radius 3 is 2.95 bits per heavy atom. The van der Waals surface area contributed by atoms with E-state index in [1.807, 2.05) is 17.1 Å². The summed E-state index contributed by atoms with van der Waals surface area (Å²) in [5.74, 6) is 0.944.